The second-order valence-corrected chi connectivity index (χ2v) is 4.99. The molecule has 7 heteroatoms. The summed E-state index contributed by atoms with van der Waals surface area (Å²) in [5, 5.41) is 2.48. The Balaban J connectivity index is 2.51. The van der Waals surface area contributed by atoms with E-state index in [2.05, 4.69) is 0 Å². The summed E-state index contributed by atoms with van der Waals surface area (Å²) in [6.45, 7) is 0.685. The summed E-state index contributed by atoms with van der Waals surface area (Å²) in [4.78, 5) is 13.3. The Labute approximate surface area is 120 Å². The first kappa shape index (κ1) is 16.8. The summed E-state index contributed by atoms with van der Waals surface area (Å²) < 4.78 is 36.1. The van der Waals surface area contributed by atoms with E-state index >= 15 is 0 Å². The Kier molecular flexibility index (Phi) is 5.83. The second kappa shape index (κ2) is 6.95. The van der Waals surface area contributed by atoms with Gasteiger partial charge in [0.15, 0.2) is 0 Å². The summed E-state index contributed by atoms with van der Waals surface area (Å²) >= 11 is 5.76. The van der Waals surface area contributed by atoms with E-state index < -0.39 is 24.7 Å². The fourth-order valence-corrected chi connectivity index (χ4v) is 1.68. The minimum absolute atomic E-state index is 0.442. The van der Waals surface area contributed by atoms with Crippen molar-refractivity contribution in [3.8, 4) is 0 Å². The molecule has 0 aliphatic rings. The number of alkyl halides is 3. The van der Waals surface area contributed by atoms with Gasteiger partial charge >= 0.3 is 6.18 Å². The molecule has 112 valence electrons. The Hall–Kier alpha value is -1.27. The number of carbonyl (C=O) groups is 1. The minimum atomic E-state index is -4.40. The van der Waals surface area contributed by atoms with Gasteiger partial charge in [0, 0.05) is 11.6 Å². The molecule has 1 aromatic carbocycles. The van der Waals surface area contributed by atoms with Crippen molar-refractivity contribution >= 4 is 17.5 Å². The highest BCUT2D eigenvalue weighted by Crippen LogP contribution is 2.14. The fraction of sp³-hybridized carbons (Fsp3) is 0.462. The number of nitrogens with one attached hydrogen (secondary N) is 1. The zero-order chi connectivity index (χ0) is 15.3. The third-order valence-corrected chi connectivity index (χ3v) is 3.10. The lowest BCUT2D eigenvalue weighted by molar-refractivity contribution is -0.141. The average molecular weight is 309 g/mol. The van der Waals surface area contributed by atoms with E-state index in [0.29, 0.717) is 11.6 Å². The standard InChI is InChI=1S/C13H16ClF3N2O/c1-9(12(20)18-8-13(15,16)17)19(2)7-10-3-5-11(14)6-4-10/h3-6,9H,7-8H2,1-2H3,(H,18,20). The molecule has 0 saturated carbocycles. The molecule has 20 heavy (non-hydrogen) atoms. The number of amides is 1. The molecule has 1 amide bonds. The SMILES string of the molecule is CC(C(=O)NCC(F)(F)F)N(C)Cc1ccc(Cl)cc1. The van der Waals surface area contributed by atoms with Crippen molar-refractivity contribution in [2.24, 2.45) is 0 Å². The predicted octanol–water partition coefficient (Wildman–Crippen LogP) is 2.84. The highest BCUT2D eigenvalue weighted by Gasteiger charge is 2.29. The lowest BCUT2D eigenvalue weighted by Crippen LogP contribution is -2.45. The molecule has 0 aliphatic carbocycles. The summed E-state index contributed by atoms with van der Waals surface area (Å²) in [5.41, 5.74) is 0.923. The van der Waals surface area contributed by atoms with Crippen LogP contribution in [0.4, 0.5) is 13.2 Å². The van der Waals surface area contributed by atoms with Crippen LogP contribution < -0.4 is 5.32 Å². The van der Waals surface area contributed by atoms with Gasteiger partial charge in [-0.25, -0.2) is 0 Å². The third kappa shape index (κ3) is 5.79. The van der Waals surface area contributed by atoms with Gasteiger partial charge < -0.3 is 5.32 Å². The molecule has 0 radical (unpaired) electrons. The fourth-order valence-electron chi connectivity index (χ4n) is 1.55. The number of nitrogens with zero attached hydrogens (tertiary/aromatic N) is 1. The zero-order valence-corrected chi connectivity index (χ0v) is 11.9. The van der Waals surface area contributed by atoms with Crippen LogP contribution in [0.25, 0.3) is 0 Å². The third-order valence-electron chi connectivity index (χ3n) is 2.85. The van der Waals surface area contributed by atoms with Crippen LogP contribution in [0.5, 0.6) is 0 Å². The topological polar surface area (TPSA) is 32.3 Å². The van der Waals surface area contributed by atoms with E-state index in [4.69, 9.17) is 11.6 Å². The largest absolute Gasteiger partial charge is 0.405 e. The molecule has 1 atom stereocenters. The molecule has 0 aliphatic heterocycles. The molecule has 1 aromatic rings. The first-order valence-electron chi connectivity index (χ1n) is 5.98. The summed E-state index contributed by atoms with van der Waals surface area (Å²) in [5.74, 6) is -0.654. The van der Waals surface area contributed by atoms with Gasteiger partial charge in [0.1, 0.15) is 6.54 Å². The Bertz CT molecular complexity index is 448. The molecule has 0 heterocycles. The maximum Gasteiger partial charge on any atom is 0.405 e. The molecular formula is C13H16ClF3N2O. The highest BCUT2D eigenvalue weighted by molar-refractivity contribution is 6.30. The van der Waals surface area contributed by atoms with Gasteiger partial charge in [-0.2, -0.15) is 13.2 Å². The van der Waals surface area contributed by atoms with Gasteiger partial charge in [0.2, 0.25) is 5.91 Å². The smallest absolute Gasteiger partial charge is 0.346 e. The van der Waals surface area contributed by atoms with E-state index in [1.54, 1.807) is 43.1 Å². The molecule has 0 bridgehead atoms. The molecule has 1 N–H and O–H groups in total. The number of halogens is 4. The molecule has 0 spiro atoms. The lowest BCUT2D eigenvalue weighted by atomic mass is 10.2. The first-order valence-corrected chi connectivity index (χ1v) is 6.36. The van der Waals surface area contributed by atoms with Crippen molar-refractivity contribution in [1.29, 1.82) is 0 Å². The molecule has 0 fully saturated rings. The quantitative estimate of drug-likeness (QED) is 0.907. The van der Waals surface area contributed by atoms with Gasteiger partial charge in [-0.05, 0) is 31.7 Å². The van der Waals surface area contributed by atoms with Crippen molar-refractivity contribution in [3.05, 3.63) is 34.9 Å². The Morgan fingerprint density at radius 3 is 2.40 bits per heavy atom. The highest BCUT2D eigenvalue weighted by atomic mass is 35.5. The number of carbonyl (C=O) groups excluding carboxylic acids is 1. The van der Waals surface area contributed by atoms with Crippen LogP contribution in [0.3, 0.4) is 0 Å². The number of benzene rings is 1. The summed E-state index contributed by atoms with van der Waals surface area (Å²) in [7, 11) is 1.67. The van der Waals surface area contributed by atoms with Crippen molar-refractivity contribution in [3.63, 3.8) is 0 Å². The number of rotatable bonds is 5. The minimum Gasteiger partial charge on any atom is -0.346 e. The number of hydrogen-bond acceptors (Lipinski definition) is 2. The normalized spacial score (nSPS) is 13.3. The molecule has 0 aromatic heterocycles. The maximum absolute atomic E-state index is 12.0. The number of likely N-dealkylation sites (N-methyl/N-ethyl adjacent to an activating group) is 1. The van der Waals surface area contributed by atoms with E-state index in [-0.39, 0.29) is 0 Å². The van der Waals surface area contributed by atoms with Gasteiger partial charge in [-0.3, -0.25) is 9.69 Å². The summed E-state index contributed by atoms with van der Waals surface area (Å²) in [6.07, 6.45) is -4.40. The van der Waals surface area contributed by atoms with E-state index in [0.717, 1.165) is 5.56 Å². The van der Waals surface area contributed by atoms with Crippen LogP contribution in [0.2, 0.25) is 5.02 Å². The lowest BCUT2D eigenvalue weighted by Gasteiger charge is -2.24. The molecular weight excluding hydrogens is 293 g/mol. The maximum atomic E-state index is 12.0. The van der Waals surface area contributed by atoms with Gasteiger partial charge in [-0.15, -0.1) is 0 Å². The zero-order valence-electron chi connectivity index (χ0n) is 11.2. The molecule has 1 unspecified atom stereocenters. The van der Waals surface area contributed by atoms with Crippen LogP contribution in [0.15, 0.2) is 24.3 Å². The summed E-state index contributed by atoms with van der Waals surface area (Å²) in [6, 6.07) is 6.39. The van der Waals surface area contributed by atoms with Crippen LogP contribution in [-0.4, -0.2) is 36.6 Å². The van der Waals surface area contributed by atoms with E-state index in [1.807, 2.05) is 5.32 Å². The van der Waals surface area contributed by atoms with E-state index in [9.17, 15) is 18.0 Å². The average Bonchev–Trinajstić information content (AvgIpc) is 2.36. The molecule has 1 rings (SSSR count). The Morgan fingerprint density at radius 1 is 1.35 bits per heavy atom. The van der Waals surface area contributed by atoms with Gasteiger partial charge in [0.05, 0.1) is 6.04 Å². The van der Waals surface area contributed by atoms with Crippen molar-refractivity contribution in [2.45, 2.75) is 25.7 Å². The predicted molar refractivity (Wildman–Crippen MR) is 71.4 cm³/mol. The second-order valence-electron chi connectivity index (χ2n) is 4.55. The van der Waals surface area contributed by atoms with Crippen LogP contribution in [0, 0.1) is 0 Å². The molecule has 0 saturated heterocycles. The molecule has 3 nitrogen and oxygen atoms in total. The van der Waals surface area contributed by atoms with Crippen LogP contribution in [-0.2, 0) is 11.3 Å². The van der Waals surface area contributed by atoms with Crippen molar-refractivity contribution in [2.75, 3.05) is 13.6 Å². The van der Waals surface area contributed by atoms with Crippen molar-refractivity contribution < 1.29 is 18.0 Å². The Morgan fingerprint density at radius 2 is 1.90 bits per heavy atom. The van der Waals surface area contributed by atoms with Gasteiger partial charge in [0.25, 0.3) is 0 Å². The monoisotopic (exact) mass is 308 g/mol. The number of hydrogen-bond donors (Lipinski definition) is 1. The first-order chi connectivity index (χ1) is 9.19. The van der Waals surface area contributed by atoms with E-state index in [1.165, 1.54) is 0 Å². The van der Waals surface area contributed by atoms with Gasteiger partial charge in [-0.1, -0.05) is 23.7 Å². The van der Waals surface area contributed by atoms with Crippen molar-refractivity contribution in [1.82, 2.24) is 10.2 Å². The van der Waals surface area contributed by atoms with Crippen LogP contribution >= 0.6 is 11.6 Å². The van der Waals surface area contributed by atoms with Crippen LogP contribution in [0.1, 0.15) is 12.5 Å².